The van der Waals surface area contributed by atoms with E-state index in [0.29, 0.717) is 13.2 Å². The number of hydrogen-bond acceptors (Lipinski definition) is 2. The maximum absolute atomic E-state index is 8.14. The molecular formula is C13H12BrN3O. The second-order valence-corrected chi connectivity index (χ2v) is 4.73. The topological polar surface area (TPSA) is 58.0 Å². The third kappa shape index (κ3) is 3.39. The molecule has 0 aliphatic heterocycles. The molecule has 0 bridgehead atoms. The van der Waals surface area contributed by atoms with Crippen molar-refractivity contribution in [2.45, 2.75) is 6.42 Å². The summed E-state index contributed by atoms with van der Waals surface area (Å²) in [5.74, 6) is 0.839. The maximum Gasteiger partial charge on any atom is 0.119 e. The summed E-state index contributed by atoms with van der Waals surface area (Å²) in [5, 5.41) is 5.77. The van der Waals surface area contributed by atoms with E-state index in [1.807, 2.05) is 30.3 Å². The zero-order valence-corrected chi connectivity index (χ0v) is 11.3. The highest BCUT2D eigenvalue weighted by Crippen LogP contribution is 2.24. The van der Waals surface area contributed by atoms with Gasteiger partial charge < -0.3 is 4.74 Å². The molecule has 0 spiro atoms. The van der Waals surface area contributed by atoms with E-state index in [2.05, 4.69) is 32.0 Å². The van der Waals surface area contributed by atoms with Gasteiger partial charge in [0.1, 0.15) is 5.75 Å². The molecule has 0 saturated carbocycles. The monoisotopic (exact) mass is 305 g/mol. The zero-order chi connectivity index (χ0) is 12.8. The molecule has 0 radical (unpaired) electrons. The average Bonchev–Trinajstić information content (AvgIpc) is 2.38. The van der Waals surface area contributed by atoms with Crippen molar-refractivity contribution >= 4 is 26.7 Å². The Morgan fingerprint density at radius 3 is 2.78 bits per heavy atom. The van der Waals surface area contributed by atoms with Gasteiger partial charge in [0.25, 0.3) is 0 Å². The Labute approximate surface area is 113 Å². The van der Waals surface area contributed by atoms with Gasteiger partial charge in [-0.2, -0.15) is 0 Å². The average molecular weight is 306 g/mol. The quantitative estimate of drug-likeness (QED) is 0.342. The summed E-state index contributed by atoms with van der Waals surface area (Å²) in [4.78, 5) is 2.69. The highest BCUT2D eigenvalue weighted by molar-refractivity contribution is 9.10. The Hall–Kier alpha value is -1.71. The number of hydrogen-bond donors (Lipinski definition) is 0. The van der Waals surface area contributed by atoms with Gasteiger partial charge in [-0.3, -0.25) is 0 Å². The van der Waals surface area contributed by atoms with Gasteiger partial charge in [-0.05, 0) is 47.0 Å². The van der Waals surface area contributed by atoms with Crippen molar-refractivity contribution in [3.05, 3.63) is 51.3 Å². The van der Waals surface area contributed by atoms with Gasteiger partial charge in [-0.25, -0.2) is 0 Å². The first-order chi connectivity index (χ1) is 8.79. The number of nitrogens with zero attached hydrogens (tertiary/aromatic N) is 3. The van der Waals surface area contributed by atoms with Gasteiger partial charge in [0, 0.05) is 15.9 Å². The molecule has 4 nitrogen and oxygen atoms in total. The number of halogens is 1. The third-order valence-corrected chi connectivity index (χ3v) is 3.00. The van der Waals surface area contributed by atoms with Crippen LogP contribution in [0, 0.1) is 0 Å². The molecule has 0 aromatic heterocycles. The van der Waals surface area contributed by atoms with Gasteiger partial charge in [-0.1, -0.05) is 33.2 Å². The van der Waals surface area contributed by atoms with Crippen molar-refractivity contribution in [1.29, 1.82) is 0 Å². The van der Waals surface area contributed by atoms with E-state index < -0.39 is 0 Å². The third-order valence-electron chi connectivity index (χ3n) is 2.51. The normalized spacial score (nSPS) is 10.1. The Morgan fingerprint density at radius 1 is 1.17 bits per heavy atom. The Balaban J connectivity index is 2.01. The highest BCUT2D eigenvalue weighted by Gasteiger charge is 1.98. The molecule has 0 aliphatic carbocycles. The second-order valence-electron chi connectivity index (χ2n) is 3.81. The van der Waals surface area contributed by atoms with Crippen LogP contribution in [0.4, 0.5) is 0 Å². The molecule has 0 amide bonds. The van der Waals surface area contributed by atoms with Crippen molar-refractivity contribution in [2.75, 3.05) is 13.2 Å². The molecule has 0 fully saturated rings. The molecule has 2 aromatic rings. The minimum absolute atomic E-state index is 0.469. The second kappa shape index (κ2) is 6.28. The van der Waals surface area contributed by atoms with Crippen LogP contribution in [0.15, 0.2) is 46.0 Å². The van der Waals surface area contributed by atoms with Gasteiger partial charge in [0.15, 0.2) is 0 Å². The summed E-state index contributed by atoms with van der Waals surface area (Å²) in [6.07, 6.45) is 0.725. The first kappa shape index (κ1) is 12.7. The summed E-state index contributed by atoms with van der Waals surface area (Å²) < 4.78 is 6.66. The van der Waals surface area contributed by atoms with Gasteiger partial charge in [-0.15, -0.1) is 0 Å². The van der Waals surface area contributed by atoms with Crippen molar-refractivity contribution in [1.82, 2.24) is 0 Å². The van der Waals surface area contributed by atoms with Crippen LogP contribution in [0.25, 0.3) is 21.2 Å². The lowest BCUT2D eigenvalue weighted by molar-refractivity contribution is 0.314. The first-order valence-electron chi connectivity index (χ1n) is 5.62. The van der Waals surface area contributed by atoms with Crippen molar-refractivity contribution in [3.8, 4) is 5.75 Å². The number of fused-ring (bicyclic) bond motifs is 1. The minimum Gasteiger partial charge on any atom is -0.494 e. The van der Waals surface area contributed by atoms with Crippen LogP contribution >= 0.6 is 15.9 Å². The Kier molecular flexibility index (Phi) is 4.45. The molecule has 0 heterocycles. The zero-order valence-electron chi connectivity index (χ0n) is 9.71. The lowest BCUT2D eigenvalue weighted by Crippen LogP contribution is -1.98. The SMILES string of the molecule is [N-]=[N+]=NCCCOc1ccc2cc(Br)ccc2c1. The van der Waals surface area contributed by atoms with E-state index in [9.17, 15) is 0 Å². The first-order valence-corrected chi connectivity index (χ1v) is 6.42. The molecule has 0 saturated heterocycles. The summed E-state index contributed by atoms with van der Waals surface area (Å²) in [5.41, 5.74) is 8.14. The Bertz CT molecular complexity index is 594. The summed E-state index contributed by atoms with van der Waals surface area (Å²) in [7, 11) is 0. The molecule has 0 aliphatic rings. The molecule has 92 valence electrons. The van der Waals surface area contributed by atoms with Crippen LogP contribution in [0.1, 0.15) is 6.42 Å². The van der Waals surface area contributed by atoms with Gasteiger partial charge in [0.2, 0.25) is 0 Å². The van der Waals surface area contributed by atoms with E-state index in [-0.39, 0.29) is 0 Å². The van der Waals surface area contributed by atoms with Crippen molar-refractivity contribution in [2.24, 2.45) is 5.11 Å². The fourth-order valence-corrected chi connectivity index (χ4v) is 2.03. The molecule has 0 unspecified atom stereocenters. The molecule has 2 rings (SSSR count). The minimum atomic E-state index is 0.469. The lowest BCUT2D eigenvalue weighted by atomic mass is 10.1. The number of azide groups is 1. The van der Waals surface area contributed by atoms with E-state index >= 15 is 0 Å². The number of rotatable bonds is 5. The highest BCUT2D eigenvalue weighted by atomic mass is 79.9. The van der Waals surface area contributed by atoms with Crippen LogP contribution in [0.2, 0.25) is 0 Å². The molecule has 0 N–H and O–H groups in total. The van der Waals surface area contributed by atoms with Crippen LogP contribution in [0.5, 0.6) is 5.75 Å². The van der Waals surface area contributed by atoms with E-state index in [0.717, 1.165) is 22.0 Å². The smallest absolute Gasteiger partial charge is 0.119 e. The fourth-order valence-electron chi connectivity index (χ4n) is 1.65. The predicted octanol–water partition coefficient (Wildman–Crippen LogP) is 4.68. The van der Waals surface area contributed by atoms with Crippen LogP contribution in [-0.4, -0.2) is 13.2 Å². The van der Waals surface area contributed by atoms with Gasteiger partial charge in [0.05, 0.1) is 6.61 Å². The predicted molar refractivity (Wildman–Crippen MR) is 75.8 cm³/mol. The number of ether oxygens (including phenoxy) is 1. The molecule has 5 heteroatoms. The molecular weight excluding hydrogens is 294 g/mol. The van der Waals surface area contributed by atoms with E-state index in [1.54, 1.807) is 0 Å². The summed E-state index contributed by atoms with van der Waals surface area (Å²) in [6.45, 7) is 1.03. The van der Waals surface area contributed by atoms with Crippen molar-refractivity contribution < 1.29 is 4.74 Å². The van der Waals surface area contributed by atoms with Crippen LogP contribution in [0.3, 0.4) is 0 Å². The van der Waals surface area contributed by atoms with E-state index in [4.69, 9.17) is 10.3 Å². The van der Waals surface area contributed by atoms with Crippen molar-refractivity contribution in [3.63, 3.8) is 0 Å². The largest absolute Gasteiger partial charge is 0.494 e. The standard InChI is InChI=1S/C13H12BrN3O/c14-12-4-2-11-9-13(5-3-10(11)8-12)18-7-1-6-16-17-15/h2-5,8-9H,1,6-7H2. The maximum atomic E-state index is 8.14. The lowest BCUT2D eigenvalue weighted by Gasteiger charge is -2.06. The van der Waals surface area contributed by atoms with Crippen LogP contribution < -0.4 is 4.74 Å². The Morgan fingerprint density at radius 2 is 1.94 bits per heavy atom. The fraction of sp³-hybridized carbons (Fsp3) is 0.231. The van der Waals surface area contributed by atoms with Crippen LogP contribution in [-0.2, 0) is 0 Å². The molecule has 2 aromatic carbocycles. The molecule has 0 atom stereocenters. The summed E-state index contributed by atoms with van der Waals surface area (Å²) >= 11 is 3.45. The summed E-state index contributed by atoms with van der Waals surface area (Å²) in [6, 6.07) is 12.1. The van der Waals surface area contributed by atoms with Gasteiger partial charge >= 0.3 is 0 Å². The molecule has 18 heavy (non-hydrogen) atoms. The van der Waals surface area contributed by atoms with E-state index in [1.165, 1.54) is 5.39 Å². The number of benzene rings is 2.